The van der Waals surface area contributed by atoms with Crippen LogP contribution in [0.4, 0.5) is 10.1 Å². The number of nitrogens with zero attached hydrogens (tertiary/aromatic N) is 1. The van der Waals surface area contributed by atoms with Crippen LogP contribution < -0.4 is 4.31 Å². The number of carbonyl (C=O) groups is 1. The van der Waals surface area contributed by atoms with Crippen LogP contribution in [0.15, 0.2) is 12.1 Å². The van der Waals surface area contributed by atoms with Crippen LogP contribution >= 0.6 is 0 Å². The van der Waals surface area contributed by atoms with Crippen LogP contribution in [0.25, 0.3) is 0 Å². The van der Waals surface area contributed by atoms with Gasteiger partial charge in [-0.2, -0.15) is 0 Å². The van der Waals surface area contributed by atoms with Crippen molar-refractivity contribution in [3.8, 4) is 0 Å². The van der Waals surface area contributed by atoms with E-state index in [1.807, 2.05) is 6.92 Å². The normalized spacial score (nSPS) is 17.3. The number of ether oxygens (including phenoxy) is 1. The number of aryl methyl sites for hydroxylation is 1. The van der Waals surface area contributed by atoms with Crippen LogP contribution in [0, 0.1) is 5.82 Å². The summed E-state index contributed by atoms with van der Waals surface area (Å²) in [5.41, 5.74) is 0.454. The van der Waals surface area contributed by atoms with Gasteiger partial charge in [-0.1, -0.05) is 13.3 Å². The van der Waals surface area contributed by atoms with Crippen molar-refractivity contribution in [1.82, 2.24) is 0 Å². The van der Waals surface area contributed by atoms with Crippen molar-refractivity contribution < 1.29 is 22.3 Å². The monoisotopic (exact) mass is 329 g/mol. The summed E-state index contributed by atoms with van der Waals surface area (Å²) in [5, 5.41) is 0. The van der Waals surface area contributed by atoms with E-state index in [4.69, 9.17) is 0 Å². The molecule has 0 spiro atoms. The lowest BCUT2D eigenvalue weighted by molar-refractivity contribution is 0.0595. The number of sulfonamides is 1. The molecule has 1 aromatic carbocycles. The van der Waals surface area contributed by atoms with Crippen LogP contribution in [-0.4, -0.2) is 33.8 Å². The average molecular weight is 329 g/mol. The Morgan fingerprint density at radius 1 is 1.36 bits per heavy atom. The molecule has 1 aromatic rings. The zero-order chi connectivity index (χ0) is 16.3. The molecule has 1 aliphatic rings. The van der Waals surface area contributed by atoms with Gasteiger partial charge in [-0.05, 0) is 37.0 Å². The fourth-order valence-electron chi connectivity index (χ4n) is 2.60. The Balaban J connectivity index is 2.58. The van der Waals surface area contributed by atoms with Gasteiger partial charge in [-0.25, -0.2) is 17.6 Å². The van der Waals surface area contributed by atoms with Crippen molar-refractivity contribution in [3.05, 3.63) is 29.1 Å². The topological polar surface area (TPSA) is 63.7 Å². The average Bonchev–Trinajstić information content (AvgIpc) is 2.48. The Morgan fingerprint density at radius 2 is 2.09 bits per heavy atom. The van der Waals surface area contributed by atoms with Crippen LogP contribution in [0.3, 0.4) is 0 Å². The standard InChI is InChI=1S/C15H20FNO4S/c1-3-6-11-9-12(15(18)21-2)14(16)13(10-11)17-7-4-5-8-22(17,19)20/h9-10H,3-8H2,1-2H3. The van der Waals surface area contributed by atoms with E-state index in [1.54, 1.807) is 0 Å². The fraction of sp³-hybridized carbons (Fsp3) is 0.533. The molecule has 0 unspecified atom stereocenters. The molecule has 1 heterocycles. The van der Waals surface area contributed by atoms with Crippen molar-refractivity contribution in [2.45, 2.75) is 32.6 Å². The first-order valence-corrected chi connectivity index (χ1v) is 8.92. The Kier molecular flexibility index (Phi) is 5.05. The predicted molar refractivity (Wildman–Crippen MR) is 82.1 cm³/mol. The van der Waals surface area contributed by atoms with Crippen molar-refractivity contribution in [2.75, 3.05) is 23.7 Å². The molecule has 122 valence electrons. The van der Waals surface area contributed by atoms with Crippen molar-refractivity contribution in [3.63, 3.8) is 0 Å². The predicted octanol–water partition coefficient (Wildman–Crippen LogP) is 2.49. The van der Waals surface area contributed by atoms with Gasteiger partial charge in [0.1, 0.15) is 0 Å². The number of methoxy groups -OCH3 is 1. The number of halogens is 1. The van der Waals surface area contributed by atoms with Gasteiger partial charge in [0.15, 0.2) is 5.82 Å². The molecule has 2 rings (SSSR count). The van der Waals surface area contributed by atoms with E-state index in [0.29, 0.717) is 19.3 Å². The Bertz CT molecular complexity index is 672. The van der Waals surface area contributed by atoms with E-state index in [-0.39, 0.29) is 23.5 Å². The first kappa shape index (κ1) is 16.7. The molecule has 1 aliphatic heterocycles. The molecule has 0 aromatic heterocycles. The highest BCUT2D eigenvalue weighted by atomic mass is 32.2. The van der Waals surface area contributed by atoms with Crippen molar-refractivity contribution >= 4 is 21.7 Å². The van der Waals surface area contributed by atoms with E-state index in [2.05, 4.69) is 4.74 Å². The van der Waals surface area contributed by atoms with Gasteiger partial charge >= 0.3 is 5.97 Å². The van der Waals surface area contributed by atoms with Crippen LogP contribution in [0.1, 0.15) is 42.1 Å². The summed E-state index contributed by atoms with van der Waals surface area (Å²) in [6.07, 6.45) is 2.67. The summed E-state index contributed by atoms with van der Waals surface area (Å²) in [7, 11) is -2.37. The molecule has 0 bridgehead atoms. The first-order valence-electron chi connectivity index (χ1n) is 7.32. The minimum atomic E-state index is -3.54. The maximum atomic E-state index is 14.7. The minimum Gasteiger partial charge on any atom is -0.465 e. The molecule has 0 N–H and O–H groups in total. The number of hydrogen-bond donors (Lipinski definition) is 0. The SMILES string of the molecule is CCCc1cc(C(=O)OC)c(F)c(N2CCCCS2(=O)=O)c1. The third-order valence-corrected chi connectivity index (χ3v) is 5.53. The van der Waals surface area contributed by atoms with Gasteiger partial charge in [0.25, 0.3) is 0 Å². The number of benzene rings is 1. The molecular formula is C15H20FNO4S. The van der Waals surface area contributed by atoms with Crippen LogP contribution in [0.5, 0.6) is 0 Å². The fourth-order valence-corrected chi connectivity index (χ4v) is 4.23. The molecule has 0 atom stereocenters. The number of carbonyl (C=O) groups excluding carboxylic acids is 1. The zero-order valence-electron chi connectivity index (χ0n) is 12.8. The Morgan fingerprint density at radius 3 is 2.68 bits per heavy atom. The van der Waals surface area contributed by atoms with Crippen molar-refractivity contribution in [2.24, 2.45) is 0 Å². The maximum Gasteiger partial charge on any atom is 0.340 e. The third-order valence-electron chi connectivity index (χ3n) is 3.68. The molecule has 22 heavy (non-hydrogen) atoms. The van der Waals surface area contributed by atoms with E-state index in [0.717, 1.165) is 16.3 Å². The van der Waals surface area contributed by atoms with Crippen LogP contribution in [-0.2, 0) is 21.2 Å². The van der Waals surface area contributed by atoms with E-state index >= 15 is 0 Å². The molecule has 5 nitrogen and oxygen atoms in total. The highest BCUT2D eigenvalue weighted by Crippen LogP contribution is 2.30. The quantitative estimate of drug-likeness (QED) is 0.796. The minimum absolute atomic E-state index is 0.00198. The summed E-state index contributed by atoms with van der Waals surface area (Å²) < 4.78 is 44.7. The Hall–Kier alpha value is -1.63. The highest BCUT2D eigenvalue weighted by Gasteiger charge is 2.30. The second-order valence-corrected chi connectivity index (χ2v) is 7.33. The van der Waals surface area contributed by atoms with E-state index in [1.165, 1.54) is 19.2 Å². The summed E-state index contributed by atoms with van der Waals surface area (Å²) in [4.78, 5) is 11.8. The first-order chi connectivity index (χ1) is 10.4. The Labute approximate surface area is 130 Å². The third kappa shape index (κ3) is 3.24. The molecule has 0 aliphatic carbocycles. The lowest BCUT2D eigenvalue weighted by Crippen LogP contribution is -2.38. The van der Waals surface area contributed by atoms with Crippen molar-refractivity contribution in [1.29, 1.82) is 0 Å². The molecule has 7 heteroatoms. The summed E-state index contributed by atoms with van der Waals surface area (Å²) in [6.45, 7) is 2.19. The number of anilines is 1. The van der Waals surface area contributed by atoms with Gasteiger partial charge in [0.05, 0.1) is 24.1 Å². The van der Waals surface area contributed by atoms with Gasteiger partial charge in [0.2, 0.25) is 10.0 Å². The second-order valence-electron chi connectivity index (χ2n) is 5.31. The van der Waals surface area contributed by atoms with E-state index < -0.39 is 21.8 Å². The molecular weight excluding hydrogens is 309 g/mol. The van der Waals surface area contributed by atoms with Gasteiger partial charge in [0, 0.05) is 6.54 Å². The maximum absolute atomic E-state index is 14.7. The molecule has 1 saturated heterocycles. The number of hydrogen-bond acceptors (Lipinski definition) is 4. The lowest BCUT2D eigenvalue weighted by atomic mass is 10.0. The smallest absolute Gasteiger partial charge is 0.340 e. The molecule has 1 fully saturated rings. The van der Waals surface area contributed by atoms with Gasteiger partial charge < -0.3 is 4.74 Å². The zero-order valence-corrected chi connectivity index (χ0v) is 13.6. The van der Waals surface area contributed by atoms with Crippen LogP contribution in [0.2, 0.25) is 0 Å². The van der Waals surface area contributed by atoms with Gasteiger partial charge in [-0.15, -0.1) is 0 Å². The number of esters is 1. The second kappa shape index (κ2) is 6.64. The highest BCUT2D eigenvalue weighted by molar-refractivity contribution is 7.92. The molecule has 0 saturated carbocycles. The summed E-state index contributed by atoms with van der Waals surface area (Å²) in [5.74, 6) is -1.64. The number of rotatable bonds is 4. The largest absolute Gasteiger partial charge is 0.465 e. The summed E-state index contributed by atoms with van der Waals surface area (Å²) in [6, 6.07) is 2.96. The summed E-state index contributed by atoms with van der Waals surface area (Å²) >= 11 is 0. The van der Waals surface area contributed by atoms with Gasteiger partial charge in [-0.3, -0.25) is 4.31 Å². The molecule has 0 radical (unpaired) electrons. The van der Waals surface area contributed by atoms with E-state index in [9.17, 15) is 17.6 Å². The lowest BCUT2D eigenvalue weighted by Gasteiger charge is -2.29. The molecule has 0 amide bonds.